The molecule has 0 saturated heterocycles. The van der Waals surface area contributed by atoms with Crippen molar-refractivity contribution in [3.8, 4) is 0 Å². The van der Waals surface area contributed by atoms with E-state index < -0.39 is 0 Å². The fourth-order valence-corrected chi connectivity index (χ4v) is 1.85. The first-order valence-electron chi connectivity index (χ1n) is 4.26. The van der Waals surface area contributed by atoms with E-state index in [1.807, 2.05) is 6.07 Å². The van der Waals surface area contributed by atoms with E-state index >= 15 is 0 Å². The number of nitrogens with two attached hydrogens (primary N) is 1. The maximum Gasteiger partial charge on any atom is 0.135 e. The lowest BCUT2D eigenvalue weighted by molar-refractivity contribution is 0.631. The predicted octanol–water partition coefficient (Wildman–Crippen LogP) is 2.80. The molecule has 2 rings (SSSR count). The maximum absolute atomic E-state index is 5.98. The summed E-state index contributed by atoms with van der Waals surface area (Å²) in [7, 11) is 0. The number of rotatable bonds is 2. The van der Waals surface area contributed by atoms with Crippen LogP contribution in [0.3, 0.4) is 0 Å². The summed E-state index contributed by atoms with van der Waals surface area (Å²) in [6.07, 6.45) is 2.39. The van der Waals surface area contributed by atoms with Crippen LogP contribution in [0.5, 0.6) is 0 Å². The first-order chi connectivity index (χ1) is 6.18. The van der Waals surface area contributed by atoms with Crippen LogP contribution < -0.4 is 5.73 Å². The SMILES string of the molecule is N[C@H](c1ccc(Cl)nc1Cl)C1CC1. The van der Waals surface area contributed by atoms with Crippen LogP contribution >= 0.6 is 23.2 Å². The molecule has 1 aromatic rings. The minimum absolute atomic E-state index is 0.0252. The molecule has 1 fully saturated rings. The van der Waals surface area contributed by atoms with Gasteiger partial charge in [-0.05, 0) is 24.8 Å². The highest BCUT2D eigenvalue weighted by molar-refractivity contribution is 6.32. The Hall–Kier alpha value is -0.310. The number of pyridine rings is 1. The Morgan fingerprint density at radius 1 is 1.38 bits per heavy atom. The molecule has 1 heterocycles. The van der Waals surface area contributed by atoms with E-state index in [-0.39, 0.29) is 6.04 Å². The summed E-state index contributed by atoms with van der Waals surface area (Å²) in [5.41, 5.74) is 6.89. The Kier molecular flexibility index (Phi) is 2.45. The monoisotopic (exact) mass is 216 g/mol. The van der Waals surface area contributed by atoms with Crippen molar-refractivity contribution < 1.29 is 0 Å². The lowest BCUT2D eigenvalue weighted by Gasteiger charge is -2.11. The van der Waals surface area contributed by atoms with Crippen molar-refractivity contribution in [1.82, 2.24) is 4.98 Å². The Morgan fingerprint density at radius 2 is 2.08 bits per heavy atom. The van der Waals surface area contributed by atoms with Gasteiger partial charge in [-0.1, -0.05) is 29.3 Å². The van der Waals surface area contributed by atoms with Gasteiger partial charge in [-0.25, -0.2) is 4.98 Å². The molecule has 1 atom stereocenters. The zero-order chi connectivity index (χ0) is 9.42. The molecule has 1 aromatic heterocycles. The molecule has 2 N–H and O–H groups in total. The van der Waals surface area contributed by atoms with E-state index in [0.29, 0.717) is 16.2 Å². The summed E-state index contributed by atoms with van der Waals surface area (Å²) < 4.78 is 0. The van der Waals surface area contributed by atoms with Crippen molar-refractivity contribution in [2.75, 3.05) is 0 Å². The smallest absolute Gasteiger partial charge is 0.135 e. The third kappa shape index (κ3) is 1.96. The molecule has 0 amide bonds. The fourth-order valence-electron chi connectivity index (χ4n) is 1.38. The molecule has 0 aromatic carbocycles. The molecule has 0 radical (unpaired) electrons. The standard InChI is InChI=1S/C9H10Cl2N2/c10-7-4-3-6(9(11)13-7)8(12)5-1-2-5/h3-5,8H,1-2,12H2/t8-/m0/s1. The van der Waals surface area contributed by atoms with Crippen LogP contribution in [0.15, 0.2) is 12.1 Å². The van der Waals surface area contributed by atoms with Crippen LogP contribution in [-0.2, 0) is 0 Å². The van der Waals surface area contributed by atoms with Crippen molar-refractivity contribution >= 4 is 23.2 Å². The third-order valence-corrected chi connectivity index (χ3v) is 2.85. The molecule has 1 saturated carbocycles. The Balaban J connectivity index is 2.28. The van der Waals surface area contributed by atoms with Gasteiger partial charge in [0.2, 0.25) is 0 Å². The second-order valence-corrected chi connectivity index (χ2v) is 4.12. The van der Waals surface area contributed by atoms with E-state index in [0.717, 1.165) is 5.56 Å². The molecule has 1 aliphatic rings. The summed E-state index contributed by atoms with van der Waals surface area (Å²) >= 11 is 11.6. The quantitative estimate of drug-likeness (QED) is 0.773. The number of hydrogen-bond acceptors (Lipinski definition) is 2. The lowest BCUT2D eigenvalue weighted by atomic mass is 10.1. The van der Waals surface area contributed by atoms with Crippen molar-refractivity contribution in [2.45, 2.75) is 18.9 Å². The zero-order valence-corrected chi connectivity index (χ0v) is 8.52. The molecule has 0 bridgehead atoms. The summed E-state index contributed by atoms with van der Waals surface area (Å²) in [4.78, 5) is 3.96. The molecule has 0 aliphatic heterocycles. The van der Waals surface area contributed by atoms with Crippen LogP contribution in [0.25, 0.3) is 0 Å². The van der Waals surface area contributed by atoms with Crippen molar-refractivity contribution in [3.05, 3.63) is 28.0 Å². The van der Waals surface area contributed by atoms with Gasteiger partial charge in [0.1, 0.15) is 10.3 Å². The number of aromatic nitrogens is 1. The second kappa shape index (κ2) is 3.45. The van der Waals surface area contributed by atoms with Gasteiger partial charge in [-0.3, -0.25) is 0 Å². The largest absolute Gasteiger partial charge is 0.324 e. The maximum atomic E-state index is 5.98. The number of hydrogen-bond donors (Lipinski definition) is 1. The van der Waals surface area contributed by atoms with Crippen LogP contribution in [0.1, 0.15) is 24.4 Å². The Morgan fingerprint density at radius 3 is 2.62 bits per heavy atom. The summed E-state index contributed by atoms with van der Waals surface area (Å²) in [6.45, 7) is 0. The first-order valence-corrected chi connectivity index (χ1v) is 5.01. The van der Waals surface area contributed by atoms with Gasteiger partial charge in [0, 0.05) is 11.6 Å². The molecule has 13 heavy (non-hydrogen) atoms. The van der Waals surface area contributed by atoms with Gasteiger partial charge in [0.15, 0.2) is 0 Å². The van der Waals surface area contributed by atoms with E-state index in [1.54, 1.807) is 6.07 Å². The molecular formula is C9H10Cl2N2. The predicted molar refractivity (Wildman–Crippen MR) is 53.9 cm³/mol. The topological polar surface area (TPSA) is 38.9 Å². The number of halogens is 2. The van der Waals surface area contributed by atoms with Crippen LogP contribution in [0.4, 0.5) is 0 Å². The van der Waals surface area contributed by atoms with Gasteiger partial charge in [0.25, 0.3) is 0 Å². The zero-order valence-electron chi connectivity index (χ0n) is 7.00. The second-order valence-electron chi connectivity index (χ2n) is 3.38. The minimum Gasteiger partial charge on any atom is -0.324 e. The molecule has 1 aliphatic carbocycles. The van der Waals surface area contributed by atoms with Crippen LogP contribution in [0, 0.1) is 5.92 Å². The van der Waals surface area contributed by atoms with Crippen molar-refractivity contribution in [1.29, 1.82) is 0 Å². The highest BCUT2D eigenvalue weighted by atomic mass is 35.5. The molecule has 70 valence electrons. The molecule has 4 heteroatoms. The highest BCUT2D eigenvalue weighted by Crippen LogP contribution is 2.41. The highest BCUT2D eigenvalue weighted by Gasteiger charge is 2.30. The molecule has 0 unspecified atom stereocenters. The van der Waals surface area contributed by atoms with Gasteiger partial charge < -0.3 is 5.73 Å². The van der Waals surface area contributed by atoms with E-state index in [9.17, 15) is 0 Å². The Labute approximate surface area is 87.1 Å². The first kappa shape index (κ1) is 9.25. The van der Waals surface area contributed by atoms with Crippen LogP contribution in [0.2, 0.25) is 10.3 Å². The van der Waals surface area contributed by atoms with Gasteiger partial charge >= 0.3 is 0 Å². The average molecular weight is 217 g/mol. The molecule has 0 spiro atoms. The van der Waals surface area contributed by atoms with Gasteiger partial charge in [-0.2, -0.15) is 0 Å². The van der Waals surface area contributed by atoms with Gasteiger partial charge in [-0.15, -0.1) is 0 Å². The minimum atomic E-state index is 0.0252. The summed E-state index contributed by atoms with van der Waals surface area (Å²) in [5.74, 6) is 0.584. The summed E-state index contributed by atoms with van der Waals surface area (Å²) in [5, 5.41) is 0.851. The Bertz CT molecular complexity index is 323. The lowest BCUT2D eigenvalue weighted by Crippen LogP contribution is -2.13. The third-order valence-electron chi connectivity index (χ3n) is 2.33. The fraction of sp³-hybridized carbons (Fsp3) is 0.444. The van der Waals surface area contributed by atoms with E-state index in [1.165, 1.54) is 12.8 Å². The molecule has 2 nitrogen and oxygen atoms in total. The van der Waals surface area contributed by atoms with Crippen molar-refractivity contribution in [3.63, 3.8) is 0 Å². The van der Waals surface area contributed by atoms with Crippen molar-refractivity contribution in [2.24, 2.45) is 11.7 Å². The van der Waals surface area contributed by atoms with Crippen LogP contribution in [-0.4, -0.2) is 4.98 Å². The number of nitrogens with zero attached hydrogens (tertiary/aromatic N) is 1. The van der Waals surface area contributed by atoms with E-state index in [4.69, 9.17) is 28.9 Å². The molecular weight excluding hydrogens is 207 g/mol. The normalized spacial score (nSPS) is 18.7. The summed E-state index contributed by atoms with van der Waals surface area (Å²) in [6, 6.07) is 3.61. The average Bonchev–Trinajstić information content (AvgIpc) is 2.85. The van der Waals surface area contributed by atoms with E-state index in [2.05, 4.69) is 4.98 Å². The van der Waals surface area contributed by atoms with Gasteiger partial charge in [0.05, 0.1) is 0 Å².